The van der Waals surface area contributed by atoms with Crippen LogP contribution < -0.4 is 5.32 Å². The van der Waals surface area contributed by atoms with E-state index in [4.69, 9.17) is 0 Å². The number of rotatable bonds is 7. The van der Waals surface area contributed by atoms with Crippen molar-refractivity contribution in [3.8, 4) is 0 Å². The van der Waals surface area contributed by atoms with Gasteiger partial charge < -0.3 is 10.4 Å². The Kier molecular flexibility index (Phi) is 6.19. The van der Waals surface area contributed by atoms with Gasteiger partial charge in [0.2, 0.25) is 5.91 Å². The average molecular weight is 319 g/mol. The zero-order chi connectivity index (χ0) is 16.1. The van der Waals surface area contributed by atoms with Crippen LogP contribution in [0.1, 0.15) is 51.9 Å². The Bertz CT molecular complexity index is 478. The molecule has 0 unspecified atom stereocenters. The van der Waals surface area contributed by atoms with Gasteiger partial charge in [0.15, 0.2) is 0 Å². The standard InChI is InChI=1S/C14H25NO5S/c1-3-11-6-8-14(9-7-11,13(17)18)15-12(16)5-4-10-21(2,19)20/h11H,3-10H2,1-2H3,(H,15,16)(H,17,18). The second kappa shape index (κ2) is 7.24. The third-order valence-electron chi connectivity index (χ3n) is 4.24. The van der Waals surface area contributed by atoms with E-state index in [9.17, 15) is 23.1 Å². The molecule has 0 aliphatic heterocycles. The van der Waals surface area contributed by atoms with Crippen LogP contribution in [0.5, 0.6) is 0 Å². The van der Waals surface area contributed by atoms with E-state index in [0.29, 0.717) is 18.8 Å². The molecule has 0 spiro atoms. The minimum absolute atomic E-state index is 0.0410. The van der Waals surface area contributed by atoms with Gasteiger partial charge in [-0.25, -0.2) is 13.2 Å². The third-order valence-corrected chi connectivity index (χ3v) is 5.27. The smallest absolute Gasteiger partial charge is 0.329 e. The van der Waals surface area contributed by atoms with Gasteiger partial charge in [0.25, 0.3) is 0 Å². The molecular formula is C14H25NO5S. The SMILES string of the molecule is CCC1CCC(NC(=O)CCCS(C)(=O)=O)(C(=O)O)CC1. The monoisotopic (exact) mass is 319 g/mol. The summed E-state index contributed by atoms with van der Waals surface area (Å²) in [6.45, 7) is 2.09. The lowest BCUT2D eigenvalue weighted by Gasteiger charge is -2.37. The fourth-order valence-electron chi connectivity index (χ4n) is 2.80. The van der Waals surface area contributed by atoms with Crippen molar-refractivity contribution < 1.29 is 23.1 Å². The van der Waals surface area contributed by atoms with E-state index in [1.54, 1.807) is 0 Å². The predicted molar refractivity (Wildman–Crippen MR) is 79.7 cm³/mol. The van der Waals surface area contributed by atoms with Crippen LogP contribution in [0.2, 0.25) is 0 Å². The Morgan fingerprint density at radius 3 is 2.29 bits per heavy atom. The molecule has 0 radical (unpaired) electrons. The highest BCUT2D eigenvalue weighted by Gasteiger charge is 2.42. The molecule has 0 heterocycles. The van der Waals surface area contributed by atoms with E-state index < -0.39 is 21.3 Å². The minimum Gasteiger partial charge on any atom is -0.480 e. The van der Waals surface area contributed by atoms with Gasteiger partial charge in [-0.1, -0.05) is 13.3 Å². The largest absolute Gasteiger partial charge is 0.480 e. The summed E-state index contributed by atoms with van der Waals surface area (Å²) in [6, 6.07) is 0. The molecule has 1 rings (SSSR count). The Morgan fingerprint density at radius 1 is 1.29 bits per heavy atom. The molecule has 21 heavy (non-hydrogen) atoms. The summed E-state index contributed by atoms with van der Waals surface area (Å²) in [5.74, 6) is -0.901. The van der Waals surface area contributed by atoms with Crippen LogP contribution in [-0.2, 0) is 19.4 Å². The second-order valence-electron chi connectivity index (χ2n) is 6.02. The van der Waals surface area contributed by atoms with Gasteiger partial charge in [-0.3, -0.25) is 4.79 Å². The number of carboxylic acid groups (broad SMARTS) is 1. The summed E-state index contributed by atoms with van der Waals surface area (Å²) in [5.41, 5.74) is -1.17. The van der Waals surface area contributed by atoms with Crippen molar-refractivity contribution in [2.24, 2.45) is 5.92 Å². The molecule has 0 atom stereocenters. The molecule has 1 amide bonds. The number of carbonyl (C=O) groups excluding carboxylic acids is 1. The van der Waals surface area contributed by atoms with E-state index in [-0.39, 0.29) is 24.5 Å². The molecule has 0 saturated heterocycles. The lowest BCUT2D eigenvalue weighted by Crippen LogP contribution is -2.56. The maximum atomic E-state index is 11.9. The molecule has 1 aliphatic carbocycles. The average Bonchev–Trinajstić information content (AvgIpc) is 2.37. The Hall–Kier alpha value is -1.11. The van der Waals surface area contributed by atoms with Gasteiger partial charge in [-0.05, 0) is 38.0 Å². The van der Waals surface area contributed by atoms with Gasteiger partial charge in [0.05, 0.1) is 5.75 Å². The van der Waals surface area contributed by atoms with E-state index in [1.165, 1.54) is 0 Å². The molecule has 2 N–H and O–H groups in total. The lowest BCUT2D eigenvalue weighted by molar-refractivity contribution is -0.149. The predicted octanol–water partition coefficient (Wildman–Crippen LogP) is 1.35. The molecule has 122 valence electrons. The van der Waals surface area contributed by atoms with Crippen LogP contribution in [0, 0.1) is 5.92 Å². The topological polar surface area (TPSA) is 101 Å². The van der Waals surface area contributed by atoms with Crippen LogP contribution >= 0.6 is 0 Å². The lowest BCUT2D eigenvalue weighted by atomic mass is 9.75. The van der Waals surface area contributed by atoms with Crippen molar-refractivity contribution in [3.63, 3.8) is 0 Å². The van der Waals surface area contributed by atoms with Crippen molar-refractivity contribution in [3.05, 3.63) is 0 Å². The quantitative estimate of drug-likeness (QED) is 0.737. The highest BCUT2D eigenvalue weighted by atomic mass is 32.2. The maximum Gasteiger partial charge on any atom is 0.329 e. The van der Waals surface area contributed by atoms with E-state index in [1.807, 2.05) is 0 Å². The van der Waals surface area contributed by atoms with Crippen molar-refractivity contribution in [1.82, 2.24) is 5.32 Å². The number of aliphatic carboxylic acids is 1. The fourth-order valence-corrected chi connectivity index (χ4v) is 3.46. The summed E-state index contributed by atoms with van der Waals surface area (Å²) in [5, 5.41) is 12.1. The highest BCUT2D eigenvalue weighted by Crippen LogP contribution is 2.34. The molecule has 7 heteroatoms. The number of amides is 1. The summed E-state index contributed by atoms with van der Waals surface area (Å²) in [7, 11) is -3.09. The summed E-state index contributed by atoms with van der Waals surface area (Å²) < 4.78 is 22.0. The molecule has 0 aromatic rings. The van der Waals surface area contributed by atoms with Crippen molar-refractivity contribution in [2.45, 2.75) is 57.4 Å². The maximum absolute atomic E-state index is 11.9. The molecular weight excluding hydrogens is 294 g/mol. The fraction of sp³-hybridized carbons (Fsp3) is 0.857. The zero-order valence-corrected chi connectivity index (χ0v) is 13.5. The molecule has 0 bridgehead atoms. The van der Waals surface area contributed by atoms with Gasteiger partial charge in [-0.2, -0.15) is 0 Å². The summed E-state index contributed by atoms with van der Waals surface area (Å²) >= 11 is 0. The number of carbonyl (C=O) groups is 2. The number of nitrogens with one attached hydrogen (secondary N) is 1. The van der Waals surface area contributed by atoms with Gasteiger partial charge in [0, 0.05) is 12.7 Å². The van der Waals surface area contributed by atoms with Crippen LogP contribution in [0.3, 0.4) is 0 Å². The van der Waals surface area contributed by atoms with Crippen LogP contribution in [0.4, 0.5) is 0 Å². The Balaban J connectivity index is 2.55. The van der Waals surface area contributed by atoms with Crippen LogP contribution in [-0.4, -0.2) is 42.9 Å². The van der Waals surface area contributed by atoms with E-state index >= 15 is 0 Å². The minimum atomic E-state index is -3.09. The first kappa shape index (κ1) is 17.9. The van der Waals surface area contributed by atoms with Gasteiger partial charge in [-0.15, -0.1) is 0 Å². The molecule has 1 aliphatic rings. The summed E-state index contributed by atoms with van der Waals surface area (Å²) in [4.78, 5) is 23.4. The number of hydrogen-bond donors (Lipinski definition) is 2. The molecule has 1 saturated carbocycles. The number of carboxylic acids is 1. The first-order chi connectivity index (χ1) is 9.68. The second-order valence-corrected chi connectivity index (χ2v) is 8.28. The van der Waals surface area contributed by atoms with Crippen molar-refractivity contribution in [1.29, 1.82) is 0 Å². The summed E-state index contributed by atoms with van der Waals surface area (Å²) in [6.07, 6.45) is 4.89. The van der Waals surface area contributed by atoms with E-state index in [0.717, 1.165) is 25.5 Å². The van der Waals surface area contributed by atoms with Crippen molar-refractivity contribution >= 4 is 21.7 Å². The molecule has 1 fully saturated rings. The molecule has 6 nitrogen and oxygen atoms in total. The van der Waals surface area contributed by atoms with Gasteiger partial charge in [0.1, 0.15) is 15.4 Å². The van der Waals surface area contributed by atoms with Gasteiger partial charge >= 0.3 is 5.97 Å². The van der Waals surface area contributed by atoms with Crippen LogP contribution in [0.15, 0.2) is 0 Å². The first-order valence-electron chi connectivity index (χ1n) is 7.40. The Labute approximate surface area is 126 Å². The normalized spacial score (nSPS) is 26.3. The highest BCUT2D eigenvalue weighted by molar-refractivity contribution is 7.90. The molecule has 0 aromatic carbocycles. The first-order valence-corrected chi connectivity index (χ1v) is 9.47. The van der Waals surface area contributed by atoms with E-state index in [2.05, 4.69) is 12.2 Å². The van der Waals surface area contributed by atoms with Crippen molar-refractivity contribution in [2.75, 3.05) is 12.0 Å². The third kappa shape index (κ3) is 5.65. The molecule has 0 aromatic heterocycles. The number of hydrogen-bond acceptors (Lipinski definition) is 4. The Morgan fingerprint density at radius 2 is 1.86 bits per heavy atom. The van der Waals surface area contributed by atoms with Crippen LogP contribution in [0.25, 0.3) is 0 Å². The number of sulfone groups is 1. The zero-order valence-electron chi connectivity index (χ0n) is 12.7.